The molecule has 0 saturated carbocycles. The third kappa shape index (κ3) is 3.67. The van der Waals surface area contributed by atoms with Crippen molar-refractivity contribution < 1.29 is 4.92 Å². The Morgan fingerprint density at radius 1 is 1.58 bits per heavy atom. The van der Waals surface area contributed by atoms with Crippen molar-refractivity contribution in [3.8, 4) is 0 Å². The number of nitrogens with zero attached hydrogens (tertiary/aromatic N) is 2. The Morgan fingerprint density at radius 2 is 2.37 bits per heavy atom. The second-order valence-electron chi connectivity index (χ2n) is 4.80. The van der Waals surface area contributed by atoms with Crippen LogP contribution in [0.3, 0.4) is 0 Å². The number of benzene rings is 1. The second kappa shape index (κ2) is 6.34. The van der Waals surface area contributed by atoms with E-state index < -0.39 is 0 Å². The first-order valence-corrected chi connectivity index (χ1v) is 7.32. The maximum absolute atomic E-state index is 11.1. The van der Waals surface area contributed by atoms with Crippen molar-refractivity contribution in [2.24, 2.45) is 0 Å². The van der Waals surface area contributed by atoms with Gasteiger partial charge in [0.15, 0.2) is 0 Å². The number of anilines is 1. The van der Waals surface area contributed by atoms with Gasteiger partial charge in [0, 0.05) is 23.1 Å². The third-order valence-electron chi connectivity index (χ3n) is 3.47. The molecule has 0 radical (unpaired) electrons. The van der Waals surface area contributed by atoms with Gasteiger partial charge in [-0.05, 0) is 38.1 Å². The van der Waals surface area contributed by atoms with Crippen molar-refractivity contribution in [1.82, 2.24) is 4.90 Å². The standard InChI is InChI=1S/C13H18BrN3O2/c1-2-16-7-3-4-11(9-16)15-12-6-5-10(14)8-13(12)17(18)19/h5-6,8,11,15H,2-4,7,9H2,1H3. The highest BCUT2D eigenvalue weighted by molar-refractivity contribution is 9.10. The summed E-state index contributed by atoms with van der Waals surface area (Å²) in [5.74, 6) is 0. The predicted octanol–water partition coefficient (Wildman–Crippen LogP) is 3.25. The number of halogens is 1. The molecule has 1 aromatic rings. The van der Waals surface area contributed by atoms with E-state index in [4.69, 9.17) is 0 Å². The fourth-order valence-electron chi connectivity index (χ4n) is 2.46. The van der Waals surface area contributed by atoms with E-state index in [2.05, 4.69) is 33.1 Å². The summed E-state index contributed by atoms with van der Waals surface area (Å²) in [6, 6.07) is 5.43. The lowest BCUT2D eigenvalue weighted by molar-refractivity contribution is -0.384. The Bertz CT molecular complexity index is 467. The van der Waals surface area contributed by atoms with Crippen molar-refractivity contribution in [2.45, 2.75) is 25.8 Å². The van der Waals surface area contributed by atoms with E-state index in [-0.39, 0.29) is 16.7 Å². The molecule has 1 atom stereocenters. The Labute approximate surface area is 121 Å². The molecule has 0 aliphatic carbocycles. The summed E-state index contributed by atoms with van der Waals surface area (Å²) >= 11 is 3.27. The van der Waals surface area contributed by atoms with Crippen LogP contribution in [0, 0.1) is 10.1 Å². The maximum atomic E-state index is 11.1. The number of likely N-dealkylation sites (N-methyl/N-ethyl adjacent to an activating group) is 1. The summed E-state index contributed by atoms with van der Waals surface area (Å²) in [4.78, 5) is 13.1. The molecule has 1 N–H and O–H groups in total. The Kier molecular flexibility index (Phi) is 4.76. The highest BCUT2D eigenvalue weighted by Gasteiger charge is 2.22. The Morgan fingerprint density at radius 3 is 3.05 bits per heavy atom. The van der Waals surface area contributed by atoms with Gasteiger partial charge in [-0.1, -0.05) is 22.9 Å². The first-order valence-electron chi connectivity index (χ1n) is 6.53. The van der Waals surface area contributed by atoms with Gasteiger partial charge in [0.1, 0.15) is 5.69 Å². The molecule has 5 nitrogen and oxygen atoms in total. The van der Waals surface area contributed by atoms with E-state index in [1.807, 2.05) is 6.07 Å². The molecule has 1 aromatic carbocycles. The maximum Gasteiger partial charge on any atom is 0.293 e. The highest BCUT2D eigenvalue weighted by Crippen LogP contribution is 2.29. The van der Waals surface area contributed by atoms with Crippen molar-refractivity contribution in [1.29, 1.82) is 0 Å². The van der Waals surface area contributed by atoms with Gasteiger partial charge < -0.3 is 10.2 Å². The molecule has 104 valence electrons. The number of nitro benzene ring substituents is 1. The van der Waals surface area contributed by atoms with Crippen molar-refractivity contribution in [3.05, 3.63) is 32.8 Å². The van der Waals surface area contributed by atoms with Crippen LogP contribution < -0.4 is 5.32 Å². The molecule has 0 spiro atoms. The normalized spacial score (nSPS) is 20.2. The second-order valence-corrected chi connectivity index (χ2v) is 5.71. The molecule has 2 rings (SSSR count). The molecule has 6 heteroatoms. The lowest BCUT2D eigenvalue weighted by Crippen LogP contribution is -2.41. The number of rotatable bonds is 4. The summed E-state index contributed by atoms with van der Waals surface area (Å²) in [7, 11) is 0. The lowest BCUT2D eigenvalue weighted by atomic mass is 10.1. The van der Waals surface area contributed by atoms with E-state index in [0.717, 1.165) is 36.9 Å². The van der Waals surface area contributed by atoms with Crippen LogP contribution in [-0.2, 0) is 0 Å². The molecule has 1 unspecified atom stereocenters. The fraction of sp³-hybridized carbons (Fsp3) is 0.538. The van der Waals surface area contributed by atoms with Crippen LogP contribution in [0.5, 0.6) is 0 Å². The number of nitro groups is 1. The topological polar surface area (TPSA) is 58.4 Å². The average Bonchev–Trinajstić information content (AvgIpc) is 2.41. The predicted molar refractivity (Wildman–Crippen MR) is 79.6 cm³/mol. The molecule has 0 bridgehead atoms. The molecule has 1 aliphatic heterocycles. The summed E-state index contributed by atoms with van der Waals surface area (Å²) in [5.41, 5.74) is 0.735. The number of likely N-dealkylation sites (tertiary alicyclic amines) is 1. The number of nitrogens with one attached hydrogen (secondary N) is 1. The first-order chi connectivity index (χ1) is 9.10. The molecular formula is C13H18BrN3O2. The average molecular weight is 328 g/mol. The van der Waals surface area contributed by atoms with Crippen LogP contribution in [-0.4, -0.2) is 35.5 Å². The minimum atomic E-state index is -0.340. The zero-order chi connectivity index (χ0) is 13.8. The van der Waals surface area contributed by atoms with Crippen LogP contribution >= 0.6 is 15.9 Å². The summed E-state index contributed by atoms with van der Waals surface area (Å²) < 4.78 is 0.726. The smallest absolute Gasteiger partial charge is 0.293 e. The van der Waals surface area contributed by atoms with Crippen LogP contribution in [0.25, 0.3) is 0 Å². The van der Waals surface area contributed by atoms with Gasteiger partial charge in [0.05, 0.1) is 4.92 Å². The molecule has 1 heterocycles. The number of hydrogen-bond donors (Lipinski definition) is 1. The zero-order valence-electron chi connectivity index (χ0n) is 10.9. The molecule has 1 saturated heterocycles. The quantitative estimate of drug-likeness (QED) is 0.681. The lowest BCUT2D eigenvalue weighted by Gasteiger charge is -2.32. The largest absolute Gasteiger partial charge is 0.375 e. The molecule has 0 aromatic heterocycles. The molecule has 19 heavy (non-hydrogen) atoms. The van der Waals surface area contributed by atoms with Gasteiger partial charge in [-0.3, -0.25) is 10.1 Å². The van der Waals surface area contributed by atoms with E-state index in [1.54, 1.807) is 12.1 Å². The SMILES string of the molecule is CCN1CCCC(Nc2ccc(Br)cc2[N+](=O)[O-])C1. The molecule has 0 amide bonds. The van der Waals surface area contributed by atoms with Crippen LogP contribution in [0.2, 0.25) is 0 Å². The minimum Gasteiger partial charge on any atom is -0.375 e. The van der Waals surface area contributed by atoms with Crippen LogP contribution in [0.4, 0.5) is 11.4 Å². The van der Waals surface area contributed by atoms with Crippen LogP contribution in [0.1, 0.15) is 19.8 Å². The van der Waals surface area contributed by atoms with Crippen molar-refractivity contribution in [2.75, 3.05) is 25.0 Å². The summed E-state index contributed by atoms with van der Waals surface area (Å²) in [5, 5.41) is 14.4. The monoisotopic (exact) mass is 327 g/mol. The van der Waals surface area contributed by atoms with Crippen LogP contribution in [0.15, 0.2) is 22.7 Å². The zero-order valence-corrected chi connectivity index (χ0v) is 12.5. The van der Waals surface area contributed by atoms with Gasteiger partial charge in [0.25, 0.3) is 5.69 Å². The van der Waals surface area contributed by atoms with E-state index in [0.29, 0.717) is 5.69 Å². The summed E-state index contributed by atoms with van der Waals surface area (Å²) in [6.07, 6.45) is 2.19. The van der Waals surface area contributed by atoms with E-state index in [1.165, 1.54) is 0 Å². The Balaban J connectivity index is 2.12. The van der Waals surface area contributed by atoms with Crippen molar-refractivity contribution >= 4 is 27.3 Å². The highest BCUT2D eigenvalue weighted by atomic mass is 79.9. The molecule has 1 fully saturated rings. The van der Waals surface area contributed by atoms with Gasteiger partial charge in [-0.15, -0.1) is 0 Å². The summed E-state index contributed by atoms with van der Waals surface area (Å²) in [6.45, 7) is 5.24. The van der Waals surface area contributed by atoms with Crippen molar-refractivity contribution in [3.63, 3.8) is 0 Å². The number of hydrogen-bond acceptors (Lipinski definition) is 4. The van der Waals surface area contributed by atoms with Gasteiger partial charge >= 0.3 is 0 Å². The Hall–Kier alpha value is -1.14. The van der Waals surface area contributed by atoms with Gasteiger partial charge in [-0.25, -0.2) is 0 Å². The third-order valence-corrected chi connectivity index (χ3v) is 3.96. The first kappa shape index (κ1) is 14.3. The fourth-order valence-corrected chi connectivity index (χ4v) is 2.81. The number of piperidine rings is 1. The van der Waals surface area contributed by atoms with E-state index >= 15 is 0 Å². The van der Waals surface area contributed by atoms with Gasteiger partial charge in [-0.2, -0.15) is 0 Å². The molecule has 1 aliphatic rings. The van der Waals surface area contributed by atoms with Gasteiger partial charge in [0.2, 0.25) is 0 Å². The van der Waals surface area contributed by atoms with E-state index in [9.17, 15) is 10.1 Å². The minimum absolute atomic E-state index is 0.128. The molecular weight excluding hydrogens is 310 g/mol.